The van der Waals surface area contributed by atoms with Gasteiger partial charge in [0.2, 0.25) is 10.0 Å². The molecule has 0 aromatic carbocycles. The van der Waals surface area contributed by atoms with Crippen LogP contribution in [-0.4, -0.2) is 30.0 Å². The summed E-state index contributed by atoms with van der Waals surface area (Å²) in [5.41, 5.74) is 0. The highest BCUT2D eigenvalue weighted by Crippen LogP contribution is 2.36. The van der Waals surface area contributed by atoms with E-state index in [4.69, 9.17) is 0 Å². The molecular formula is C14H22N2O2S2. The fourth-order valence-corrected chi connectivity index (χ4v) is 6.43. The van der Waals surface area contributed by atoms with Crippen LogP contribution in [0.1, 0.15) is 56.0 Å². The molecule has 2 heterocycles. The van der Waals surface area contributed by atoms with Crippen LogP contribution in [0.2, 0.25) is 0 Å². The lowest BCUT2D eigenvalue weighted by molar-refractivity contribution is 0.254. The summed E-state index contributed by atoms with van der Waals surface area (Å²) in [6.07, 6.45) is 9.30. The second-order valence-electron chi connectivity index (χ2n) is 5.92. The lowest BCUT2D eigenvalue weighted by Crippen LogP contribution is -2.40. The van der Waals surface area contributed by atoms with E-state index < -0.39 is 10.0 Å². The van der Waals surface area contributed by atoms with Crippen molar-refractivity contribution in [3.8, 4) is 0 Å². The Labute approximate surface area is 125 Å². The number of aromatic nitrogens is 1. The molecule has 1 aliphatic heterocycles. The van der Waals surface area contributed by atoms with E-state index in [2.05, 4.69) is 4.98 Å². The Balaban J connectivity index is 1.78. The highest BCUT2D eigenvalue weighted by molar-refractivity contribution is 7.89. The molecule has 1 saturated heterocycles. The van der Waals surface area contributed by atoms with Crippen LogP contribution in [0, 0.1) is 5.92 Å². The van der Waals surface area contributed by atoms with Gasteiger partial charge in [-0.1, -0.05) is 19.3 Å². The van der Waals surface area contributed by atoms with E-state index in [1.807, 2.05) is 5.38 Å². The van der Waals surface area contributed by atoms with Crippen molar-refractivity contribution in [3.05, 3.63) is 16.6 Å². The SMILES string of the molecule is O=S(=O)(CC1CCCC1)N1CCCCC1c1nccs1. The molecule has 1 aromatic rings. The molecule has 0 bridgehead atoms. The normalized spacial score (nSPS) is 26.1. The minimum absolute atomic E-state index is 0.0184. The largest absolute Gasteiger partial charge is 0.248 e. The summed E-state index contributed by atoms with van der Waals surface area (Å²) >= 11 is 1.57. The van der Waals surface area contributed by atoms with Crippen molar-refractivity contribution in [2.75, 3.05) is 12.3 Å². The fourth-order valence-electron chi connectivity index (χ4n) is 3.45. The van der Waals surface area contributed by atoms with E-state index in [1.54, 1.807) is 21.8 Å². The second kappa shape index (κ2) is 6.12. The Hall–Kier alpha value is -0.460. The molecule has 0 spiro atoms. The van der Waals surface area contributed by atoms with E-state index in [0.29, 0.717) is 18.2 Å². The maximum atomic E-state index is 12.7. The summed E-state index contributed by atoms with van der Waals surface area (Å²) in [6, 6.07) is -0.0184. The standard InChI is InChI=1S/C14H22N2O2S2/c17-20(18,11-12-5-1-2-6-12)16-9-4-3-7-13(16)14-15-8-10-19-14/h8,10,12-13H,1-7,9,11H2. The lowest BCUT2D eigenvalue weighted by Gasteiger charge is -2.34. The van der Waals surface area contributed by atoms with Crippen molar-refractivity contribution in [3.63, 3.8) is 0 Å². The van der Waals surface area contributed by atoms with Gasteiger partial charge in [0.15, 0.2) is 0 Å². The molecule has 1 saturated carbocycles. The van der Waals surface area contributed by atoms with Crippen molar-refractivity contribution in [1.29, 1.82) is 0 Å². The van der Waals surface area contributed by atoms with Crippen LogP contribution in [0.3, 0.4) is 0 Å². The Kier molecular flexibility index (Phi) is 4.43. The zero-order valence-corrected chi connectivity index (χ0v) is 13.3. The molecule has 1 unspecified atom stereocenters. The number of hydrogen-bond donors (Lipinski definition) is 0. The summed E-state index contributed by atoms with van der Waals surface area (Å²) < 4.78 is 27.2. The molecule has 112 valence electrons. The smallest absolute Gasteiger partial charge is 0.215 e. The van der Waals surface area contributed by atoms with Crippen LogP contribution in [0.4, 0.5) is 0 Å². The molecule has 6 heteroatoms. The summed E-state index contributed by atoms with van der Waals surface area (Å²) in [5.74, 6) is 0.716. The topological polar surface area (TPSA) is 50.3 Å². The fraction of sp³-hybridized carbons (Fsp3) is 0.786. The van der Waals surface area contributed by atoms with Crippen molar-refractivity contribution in [1.82, 2.24) is 9.29 Å². The quantitative estimate of drug-likeness (QED) is 0.857. The summed E-state index contributed by atoms with van der Waals surface area (Å²) in [6.45, 7) is 0.666. The molecule has 1 aliphatic carbocycles. The van der Waals surface area contributed by atoms with Gasteiger partial charge < -0.3 is 0 Å². The number of thiazole rings is 1. The second-order valence-corrected chi connectivity index (χ2v) is 8.81. The third kappa shape index (κ3) is 3.07. The van der Waals surface area contributed by atoms with Gasteiger partial charge >= 0.3 is 0 Å². The lowest BCUT2D eigenvalue weighted by atomic mass is 10.1. The number of rotatable bonds is 4. The molecule has 0 radical (unpaired) electrons. The maximum absolute atomic E-state index is 12.7. The molecule has 20 heavy (non-hydrogen) atoms. The zero-order valence-electron chi connectivity index (χ0n) is 11.7. The number of sulfonamides is 1. The predicted molar refractivity (Wildman–Crippen MR) is 81.2 cm³/mol. The van der Waals surface area contributed by atoms with Crippen LogP contribution in [0.5, 0.6) is 0 Å². The number of piperidine rings is 1. The van der Waals surface area contributed by atoms with Crippen molar-refractivity contribution >= 4 is 21.4 Å². The third-order valence-corrected chi connectivity index (χ3v) is 7.39. The monoisotopic (exact) mass is 314 g/mol. The van der Waals surface area contributed by atoms with E-state index in [9.17, 15) is 8.42 Å². The van der Waals surface area contributed by atoms with Crippen LogP contribution in [0.15, 0.2) is 11.6 Å². The highest BCUT2D eigenvalue weighted by Gasteiger charge is 2.36. The highest BCUT2D eigenvalue weighted by atomic mass is 32.2. The van der Waals surface area contributed by atoms with E-state index in [-0.39, 0.29) is 6.04 Å². The summed E-state index contributed by atoms with van der Waals surface area (Å²) in [7, 11) is -3.14. The molecular weight excluding hydrogens is 292 g/mol. The molecule has 3 rings (SSSR count). The van der Waals surface area contributed by atoms with Crippen molar-refractivity contribution in [2.24, 2.45) is 5.92 Å². The van der Waals surface area contributed by atoms with Gasteiger partial charge in [-0.2, -0.15) is 4.31 Å². The summed E-state index contributed by atoms with van der Waals surface area (Å²) in [5, 5.41) is 2.89. The molecule has 1 aromatic heterocycles. The zero-order chi connectivity index (χ0) is 14.0. The van der Waals surface area contributed by atoms with Gasteiger partial charge in [-0.3, -0.25) is 0 Å². The van der Waals surface area contributed by atoms with Crippen molar-refractivity contribution in [2.45, 2.75) is 51.0 Å². The Morgan fingerprint density at radius 2 is 1.95 bits per heavy atom. The van der Waals surface area contributed by atoms with E-state index in [1.165, 1.54) is 12.8 Å². The minimum Gasteiger partial charge on any atom is -0.248 e. The van der Waals surface area contributed by atoms with Gasteiger partial charge in [-0.15, -0.1) is 11.3 Å². The first-order valence-corrected chi connectivity index (χ1v) is 10.0. The Bertz CT molecular complexity index is 521. The van der Waals surface area contributed by atoms with Gasteiger partial charge in [-0.25, -0.2) is 13.4 Å². The molecule has 2 fully saturated rings. The molecule has 1 atom stereocenters. The van der Waals surface area contributed by atoms with Crippen LogP contribution < -0.4 is 0 Å². The number of nitrogens with zero attached hydrogens (tertiary/aromatic N) is 2. The average molecular weight is 314 g/mol. The third-order valence-electron chi connectivity index (χ3n) is 4.47. The molecule has 4 nitrogen and oxygen atoms in total. The molecule has 2 aliphatic rings. The average Bonchev–Trinajstić information content (AvgIpc) is 3.11. The van der Waals surface area contributed by atoms with Gasteiger partial charge in [0.05, 0.1) is 11.8 Å². The van der Waals surface area contributed by atoms with Gasteiger partial charge in [0, 0.05) is 18.1 Å². The van der Waals surface area contributed by atoms with Gasteiger partial charge in [0.25, 0.3) is 0 Å². The maximum Gasteiger partial charge on any atom is 0.215 e. The Morgan fingerprint density at radius 3 is 2.65 bits per heavy atom. The number of hydrogen-bond acceptors (Lipinski definition) is 4. The minimum atomic E-state index is -3.14. The van der Waals surface area contributed by atoms with Gasteiger partial charge in [-0.05, 0) is 31.6 Å². The Morgan fingerprint density at radius 1 is 1.20 bits per heavy atom. The molecule has 0 amide bonds. The van der Waals surface area contributed by atoms with Crippen LogP contribution >= 0.6 is 11.3 Å². The first-order chi connectivity index (χ1) is 9.67. The first kappa shape index (κ1) is 14.5. The van der Waals surface area contributed by atoms with E-state index >= 15 is 0 Å². The molecule has 0 N–H and O–H groups in total. The predicted octanol–water partition coefficient (Wildman–Crippen LogP) is 3.19. The van der Waals surface area contributed by atoms with Gasteiger partial charge in [0.1, 0.15) is 5.01 Å². The first-order valence-electron chi connectivity index (χ1n) is 7.56. The summed E-state index contributed by atoms with van der Waals surface area (Å²) in [4.78, 5) is 4.35. The van der Waals surface area contributed by atoms with Crippen LogP contribution in [-0.2, 0) is 10.0 Å². The van der Waals surface area contributed by atoms with E-state index in [0.717, 1.165) is 37.1 Å². The van der Waals surface area contributed by atoms with Crippen molar-refractivity contribution < 1.29 is 8.42 Å². The van der Waals surface area contributed by atoms with Crippen LogP contribution in [0.25, 0.3) is 0 Å².